The van der Waals surface area contributed by atoms with Gasteiger partial charge in [-0.15, -0.1) is 0 Å². The van der Waals surface area contributed by atoms with Gasteiger partial charge in [-0.3, -0.25) is 4.79 Å². The summed E-state index contributed by atoms with van der Waals surface area (Å²) in [5.41, 5.74) is 0.342. The van der Waals surface area contributed by atoms with Gasteiger partial charge in [0.15, 0.2) is 0 Å². The largest absolute Gasteiger partial charge is 0.478 e. The Hall–Kier alpha value is -2.44. The van der Waals surface area contributed by atoms with E-state index in [9.17, 15) is 19.2 Å². The summed E-state index contributed by atoms with van der Waals surface area (Å²) >= 11 is 0. The summed E-state index contributed by atoms with van der Waals surface area (Å²) in [7, 11) is 0. The third-order valence-corrected chi connectivity index (χ3v) is 1.79. The summed E-state index contributed by atoms with van der Waals surface area (Å²) in [4.78, 5) is 41.2. The number of aliphatic carboxylic acids is 1. The van der Waals surface area contributed by atoms with E-state index in [0.29, 0.717) is 0 Å². The fraction of sp³-hybridized carbons (Fsp3) is 0.333. The van der Waals surface area contributed by atoms with E-state index >= 15 is 0 Å². The zero-order valence-electron chi connectivity index (χ0n) is 10.6. The lowest BCUT2D eigenvalue weighted by Crippen LogP contribution is -2.06. The number of hydrogen-bond acceptors (Lipinski definition) is 6. The molecule has 1 aliphatic rings. The number of hydrogen-bond donors (Lipinski definition) is 1. The molecule has 7 nitrogen and oxygen atoms in total. The van der Waals surface area contributed by atoms with Crippen molar-refractivity contribution in [2.45, 2.75) is 20.3 Å². The second-order valence-electron chi connectivity index (χ2n) is 3.43. The third kappa shape index (κ3) is 6.77. The molecule has 7 heteroatoms. The fourth-order valence-corrected chi connectivity index (χ4v) is 0.947. The van der Waals surface area contributed by atoms with Gasteiger partial charge in [0, 0.05) is 17.2 Å². The van der Waals surface area contributed by atoms with Crippen molar-refractivity contribution >= 4 is 23.9 Å². The van der Waals surface area contributed by atoms with Crippen LogP contribution in [0.1, 0.15) is 20.3 Å². The minimum Gasteiger partial charge on any atom is -0.478 e. The first-order valence-corrected chi connectivity index (χ1v) is 5.29. The van der Waals surface area contributed by atoms with Gasteiger partial charge in [0.25, 0.3) is 0 Å². The van der Waals surface area contributed by atoms with Gasteiger partial charge in [-0.25, -0.2) is 14.4 Å². The molecular formula is C12H14O7. The summed E-state index contributed by atoms with van der Waals surface area (Å²) in [6, 6.07) is 0. The molecule has 0 aromatic rings. The summed E-state index contributed by atoms with van der Waals surface area (Å²) < 4.78 is 8.63. The highest BCUT2D eigenvalue weighted by Crippen LogP contribution is 2.10. The van der Waals surface area contributed by atoms with Gasteiger partial charge >= 0.3 is 23.9 Å². The Bertz CT molecular complexity index is 427. The van der Waals surface area contributed by atoms with E-state index in [-0.39, 0.29) is 24.2 Å². The second kappa shape index (κ2) is 7.80. The molecule has 0 saturated carbocycles. The summed E-state index contributed by atoms with van der Waals surface area (Å²) in [6.45, 7) is 6.60. The van der Waals surface area contributed by atoms with Crippen LogP contribution in [0.2, 0.25) is 0 Å². The quantitative estimate of drug-likeness (QED) is 0.454. The lowest BCUT2D eigenvalue weighted by molar-refractivity contribution is -0.151. The van der Waals surface area contributed by atoms with E-state index in [4.69, 9.17) is 5.11 Å². The molecule has 1 rings (SSSR count). The Morgan fingerprint density at radius 1 is 1.47 bits per heavy atom. The van der Waals surface area contributed by atoms with Crippen LogP contribution in [0.5, 0.6) is 0 Å². The van der Waals surface area contributed by atoms with Crippen molar-refractivity contribution in [3.63, 3.8) is 0 Å². The van der Waals surface area contributed by atoms with E-state index in [1.54, 1.807) is 6.92 Å². The van der Waals surface area contributed by atoms with Crippen molar-refractivity contribution < 1.29 is 33.8 Å². The van der Waals surface area contributed by atoms with Crippen molar-refractivity contribution in [1.82, 2.24) is 0 Å². The molecule has 0 aromatic carbocycles. The van der Waals surface area contributed by atoms with E-state index in [1.807, 2.05) is 0 Å². The van der Waals surface area contributed by atoms with Crippen LogP contribution < -0.4 is 0 Å². The third-order valence-electron chi connectivity index (χ3n) is 1.79. The maximum absolute atomic E-state index is 10.7. The number of carboxylic acid groups (broad SMARTS) is 1. The molecule has 1 fully saturated rings. The molecule has 0 bridgehead atoms. The molecule has 0 atom stereocenters. The first-order valence-electron chi connectivity index (χ1n) is 5.29. The van der Waals surface area contributed by atoms with Crippen LogP contribution in [0, 0.1) is 0 Å². The molecule has 0 radical (unpaired) electrons. The minimum atomic E-state index is -1.14. The molecule has 0 amide bonds. The van der Waals surface area contributed by atoms with Crippen LogP contribution >= 0.6 is 0 Å². The van der Waals surface area contributed by atoms with Crippen LogP contribution in [0.25, 0.3) is 0 Å². The van der Waals surface area contributed by atoms with Gasteiger partial charge < -0.3 is 14.6 Å². The van der Waals surface area contributed by atoms with Gasteiger partial charge in [0.05, 0.1) is 13.0 Å². The van der Waals surface area contributed by atoms with Gasteiger partial charge in [0.2, 0.25) is 0 Å². The number of esters is 3. The molecule has 1 N–H and O–H groups in total. The zero-order chi connectivity index (χ0) is 15.0. The highest BCUT2D eigenvalue weighted by Gasteiger charge is 2.24. The first kappa shape index (κ1) is 16.6. The van der Waals surface area contributed by atoms with Crippen molar-refractivity contribution in [2.24, 2.45) is 0 Å². The van der Waals surface area contributed by atoms with E-state index < -0.39 is 23.9 Å². The highest BCUT2D eigenvalue weighted by molar-refractivity contribution is 6.05. The number of rotatable bonds is 3. The lowest BCUT2D eigenvalue weighted by Gasteiger charge is -1.98. The van der Waals surface area contributed by atoms with Crippen LogP contribution in [0.3, 0.4) is 0 Å². The Balaban J connectivity index is 0.000000356. The maximum atomic E-state index is 10.7. The van der Waals surface area contributed by atoms with Gasteiger partial charge in [-0.1, -0.05) is 6.58 Å². The van der Waals surface area contributed by atoms with Crippen molar-refractivity contribution in [3.8, 4) is 0 Å². The smallest absolute Gasteiger partial charge is 0.341 e. The monoisotopic (exact) mass is 270 g/mol. The minimum absolute atomic E-state index is 0.0544. The lowest BCUT2D eigenvalue weighted by atomic mass is 10.3. The summed E-state index contributed by atoms with van der Waals surface area (Å²) in [5, 5.41) is 8.22. The van der Waals surface area contributed by atoms with Gasteiger partial charge in [-0.2, -0.15) is 0 Å². The summed E-state index contributed by atoms with van der Waals surface area (Å²) in [5.74, 6) is -2.82. The average molecular weight is 270 g/mol. The Morgan fingerprint density at radius 2 is 2.05 bits per heavy atom. The van der Waals surface area contributed by atoms with Crippen molar-refractivity contribution in [2.75, 3.05) is 6.61 Å². The van der Waals surface area contributed by atoms with Crippen molar-refractivity contribution in [1.29, 1.82) is 0 Å². The zero-order valence-corrected chi connectivity index (χ0v) is 10.6. The normalized spacial score (nSPS) is 14.4. The first-order chi connectivity index (χ1) is 8.77. The molecule has 104 valence electrons. The van der Waals surface area contributed by atoms with E-state index in [1.165, 1.54) is 6.92 Å². The van der Waals surface area contributed by atoms with E-state index in [0.717, 1.165) is 6.08 Å². The van der Waals surface area contributed by atoms with Gasteiger partial charge in [0.1, 0.15) is 0 Å². The number of carbonyl (C=O) groups excluding carboxylic acids is 3. The number of cyclic esters (lactones) is 2. The van der Waals surface area contributed by atoms with Gasteiger partial charge in [-0.05, 0) is 13.8 Å². The topological polar surface area (TPSA) is 107 Å². The molecule has 0 aromatic heterocycles. The Morgan fingerprint density at radius 3 is 2.32 bits per heavy atom. The molecular weight excluding hydrogens is 256 g/mol. The van der Waals surface area contributed by atoms with Crippen LogP contribution in [0.15, 0.2) is 23.8 Å². The van der Waals surface area contributed by atoms with Crippen LogP contribution in [-0.2, 0) is 28.7 Å². The number of carbonyl (C=O) groups is 4. The molecule has 0 aliphatic carbocycles. The second-order valence-corrected chi connectivity index (χ2v) is 3.43. The SMILES string of the molecule is C=C1CC(=O)OC1=O.CCOC(=O)/C(C)=C\C(=O)O. The van der Waals surface area contributed by atoms with E-state index in [2.05, 4.69) is 16.1 Å². The van der Waals surface area contributed by atoms with Crippen LogP contribution in [-0.4, -0.2) is 35.6 Å². The Labute approximate surface area is 109 Å². The molecule has 19 heavy (non-hydrogen) atoms. The predicted octanol–water partition coefficient (Wildman–Crippen LogP) is 0.597. The highest BCUT2D eigenvalue weighted by atomic mass is 16.6. The number of ether oxygens (including phenoxy) is 2. The molecule has 0 spiro atoms. The average Bonchev–Trinajstić information content (AvgIpc) is 2.56. The molecule has 0 unspecified atom stereocenters. The standard InChI is InChI=1S/C7H10O4.C5H4O3/c1-3-11-7(10)5(2)4-6(8)9;1-3-2-4(6)8-5(3)7/h4H,3H2,1-2H3,(H,8,9);1-2H2/b5-4-;. The summed E-state index contributed by atoms with van der Waals surface area (Å²) in [6.07, 6.45) is 0.872. The number of carboxylic acids is 1. The molecule has 1 aliphatic heterocycles. The predicted molar refractivity (Wildman–Crippen MR) is 62.9 cm³/mol. The Kier molecular flexibility index (Phi) is 6.80. The van der Waals surface area contributed by atoms with Crippen molar-refractivity contribution in [3.05, 3.63) is 23.8 Å². The molecule has 1 saturated heterocycles. The maximum Gasteiger partial charge on any atom is 0.341 e. The molecule has 1 heterocycles. The van der Waals surface area contributed by atoms with Crippen LogP contribution in [0.4, 0.5) is 0 Å². The fourth-order valence-electron chi connectivity index (χ4n) is 0.947.